The van der Waals surface area contributed by atoms with E-state index in [0.717, 1.165) is 4.90 Å². The molecule has 0 radical (unpaired) electrons. The summed E-state index contributed by atoms with van der Waals surface area (Å²) in [5.74, 6) is 3.70. The Labute approximate surface area is 87.8 Å². The van der Waals surface area contributed by atoms with Crippen LogP contribution in [0, 0.1) is 5.41 Å². The molecule has 1 aliphatic rings. The van der Waals surface area contributed by atoms with Gasteiger partial charge in [-0.15, -0.1) is 0 Å². The van der Waals surface area contributed by atoms with Crippen molar-refractivity contribution in [3.8, 4) is 0 Å². The molecular formula is C9H15N3O3. The summed E-state index contributed by atoms with van der Waals surface area (Å²) in [6, 6.07) is 0. The monoisotopic (exact) mass is 213 g/mol. The van der Waals surface area contributed by atoms with E-state index in [1.54, 1.807) is 0 Å². The molecule has 1 heterocycles. The Morgan fingerprint density at radius 3 is 2.27 bits per heavy atom. The van der Waals surface area contributed by atoms with Crippen molar-refractivity contribution in [3.63, 3.8) is 0 Å². The number of hydrogen-bond acceptors (Lipinski definition) is 4. The van der Waals surface area contributed by atoms with Gasteiger partial charge in [-0.3, -0.25) is 24.7 Å². The second-order valence-electron chi connectivity index (χ2n) is 4.46. The Morgan fingerprint density at radius 2 is 1.87 bits per heavy atom. The van der Waals surface area contributed by atoms with Crippen LogP contribution in [0.3, 0.4) is 0 Å². The standard InChI is InChI=1S/C9H15N3O3/c1-9(2)3-7(14)12(8(15)4-9)5-6(13)11-10/h3-5,10H2,1-2H3,(H,11,13). The molecule has 1 aliphatic heterocycles. The lowest BCUT2D eigenvalue weighted by atomic mass is 9.82. The van der Waals surface area contributed by atoms with Crippen LogP contribution in [-0.4, -0.2) is 29.2 Å². The van der Waals surface area contributed by atoms with Gasteiger partial charge < -0.3 is 0 Å². The van der Waals surface area contributed by atoms with E-state index >= 15 is 0 Å². The number of carbonyl (C=O) groups excluding carboxylic acids is 3. The number of imide groups is 1. The molecule has 0 aliphatic carbocycles. The molecule has 0 aromatic carbocycles. The number of likely N-dealkylation sites (tertiary alicyclic amines) is 1. The van der Waals surface area contributed by atoms with Crippen molar-refractivity contribution in [1.29, 1.82) is 0 Å². The van der Waals surface area contributed by atoms with Crippen LogP contribution in [0.25, 0.3) is 0 Å². The third kappa shape index (κ3) is 2.76. The zero-order valence-corrected chi connectivity index (χ0v) is 8.87. The molecule has 0 aromatic heterocycles. The summed E-state index contributed by atoms with van der Waals surface area (Å²) < 4.78 is 0. The van der Waals surface area contributed by atoms with E-state index in [9.17, 15) is 14.4 Å². The molecule has 0 atom stereocenters. The lowest BCUT2D eigenvalue weighted by molar-refractivity contribution is -0.154. The first kappa shape index (κ1) is 11.6. The largest absolute Gasteiger partial charge is 0.293 e. The lowest BCUT2D eigenvalue weighted by Crippen LogP contribution is -2.50. The number of amides is 3. The van der Waals surface area contributed by atoms with Crippen LogP contribution in [0.15, 0.2) is 0 Å². The summed E-state index contributed by atoms with van der Waals surface area (Å²) in [4.78, 5) is 35.0. The molecule has 1 fully saturated rings. The minimum absolute atomic E-state index is 0.274. The molecule has 6 nitrogen and oxygen atoms in total. The van der Waals surface area contributed by atoms with Gasteiger partial charge in [-0.2, -0.15) is 0 Å². The molecule has 3 amide bonds. The summed E-state index contributed by atoms with van der Waals surface area (Å²) >= 11 is 0. The minimum atomic E-state index is -0.545. The average Bonchev–Trinajstić information content (AvgIpc) is 2.09. The lowest BCUT2D eigenvalue weighted by Gasteiger charge is -2.34. The van der Waals surface area contributed by atoms with Gasteiger partial charge in [0.25, 0.3) is 5.91 Å². The quantitative estimate of drug-likeness (QED) is 0.270. The topological polar surface area (TPSA) is 92.5 Å². The predicted octanol–water partition coefficient (Wildman–Crippen LogP) is -0.848. The maximum Gasteiger partial charge on any atom is 0.254 e. The fourth-order valence-electron chi connectivity index (χ4n) is 1.58. The third-order valence-electron chi connectivity index (χ3n) is 2.32. The zero-order chi connectivity index (χ0) is 11.6. The molecular weight excluding hydrogens is 198 g/mol. The second kappa shape index (κ2) is 3.98. The SMILES string of the molecule is CC1(C)CC(=O)N(CC(=O)NN)C(=O)C1. The van der Waals surface area contributed by atoms with Crippen LogP contribution in [0.1, 0.15) is 26.7 Å². The van der Waals surface area contributed by atoms with Crippen LogP contribution >= 0.6 is 0 Å². The van der Waals surface area contributed by atoms with Gasteiger partial charge >= 0.3 is 0 Å². The maximum absolute atomic E-state index is 11.6. The van der Waals surface area contributed by atoms with Crippen LogP contribution in [0.4, 0.5) is 0 Å². The van der Waals surface area contributed by atoms with E-state index in [-0.39, 0.29) is 36.6 Å². The van der Waals surface area contributed by atoms with Gasteiger partial charge in [0.1, 0.15) is 6.54 Å². The number of rotatable bonds is 2. The van der Waals surface area contributed by atoms with Crippen molar-refractivity contribution >= 4 is 17.7 Å². The van der Waals surface area contributed by atoms with Gasteiger partial charge in [0, 0.05) is 12.8 Å². The van der Waals surface area contributed by atoms with Gasteiger partial charge in [0.05, 0.1) is 0 Å². The van der Waals surface area contributed by atoms with Crippen molar-refractivity contribution < 1.29 is 14.4 Å². The Morgan fingerprint density at radius 1 is 1.40 bits per heavy atom. The normalized spacial score (nSPS) is 20.3. The number of nitrogens with zero attached hydrogens (tertiary/aromatic N) is 1. The van der Waals surface area contributed by atoms with Crippen LogP contribution < -0.4 is 11.3 Å². The van der Waals surface area contributed by atoms with E-state index in [0.29, 0.717) is 0 Å². The van der Waals surface area contributed by atoms with Crippen LogP contribution in [-0.2, 0) is 14.4 Å². The van der Waals surface area contributed by atoms with Gasteiger partial charge in [0.2, 0.25) is 11.8 Å². The molecule has 0 bridgehead atoms. The van der Waals surface area contributed by atoms with E-state index in [4.69, 9.17) is 5.84 Å². The molecule has 1 rings (SSSR count). The zero-order valence-electron chi connectivity index (χ0n) is 8.87. The number of nitrogens with one attached hydrogen (secondary N) is 1. The minimum Gasteiger partial charge on any atom is -0.293 e. The van der Waals surface area contributed by atoms with Crippen molar-refractivity contribution in [2.24, 2.45) is 11.3 Å². The van der Waals surface area contributed by atoms with Crippen molar-refractivity contribution in [1.82, 2.24) is 10.3 Å². The first-order valence-corrected chi connectivity index (χ1v) is 4.68. The molecule has 0 spiro atoms. The molecule has 0 saturated carbocycles. The van der Waals surface area contributed by atoms with Gasteiger partial charge in [-0.1, -0.05) is 13.8 Å². The third-order valence-corrected chi connectivity index (χ3v) is 2.32. The number of carbonyl (C=O) groups is 3. The number of piperidine rings is 1. The van der Waals surface area contributed by atoms with Crippen LogP contribution in [0.5, 0.6) is 0 Å². The number of hydrazine groups is 1. The molecule has 3 N–H and O–H groups in total. The molecule has 15 heavy (non-hydrogen) atoms. The highest BCUT2D eigenvalue weighted by Crippen LogP contribution is 2.31. The highest BCUT2D eigenvalue weighted by Gasteiger charge is 2.37. The maximum atomic E-state index is 11.6. The Kier molecular flexibility index (Phi) is 3.09. The molecule has 0 unspecified atom stereocenters. The Bertz CT molecular complexity index is 292. The summed E-state index contributed by atoms with van der Waals surface area (Å²) in [5.41, 5.74) is 1.57. The summed E-state index contributed by atoms with van der Waals surface area (Å²) in [7, 11) is 0. The van der Waals surface area contributed by atoms with E-state index in [2.05, 4.69) is 0 Å². The summed E-state index contributed by atoms with van der Waals surface area (Å²) in [6.45, 7) is 3.41. The van der Waals surface area contributed by atoms with Gasteiger partial charge in [0.15, 0.2) is 0 Å². The van der Waals surface area contributed by atoms with Gasteiger partial charge in [-0.25, -0.2) is 5.84 Å². The smallest absolute Gasteiger partial charge is 0.254 e. The van der Waals surface area contributed by atoms with Crippen LogP contribution in [0.2, 0.25) is 0 Å². The Balaban J connectivity index is 2.71. The first-order valence-electron chi connectivity index (χ1n) is 4.68. The fourth-order valence-corrected chi connectivity index (χ4v) is 1.58. The second-order valence-corrected chi connectivity index (χ2v) is 4.46. The van der Waals surface area contributed by atoms with Crippen molar-refractivity contribution in [2.75, 3.05) is 6.54 Å². The number of hydrogen-bond donors (Lipinski definition) is 2. The van der Waals surface area contributed by atoms with E-state index in [1.165, 1.54) is 0 Å². The average molecular weight is 213 g/mol. The van der Waals surface area contributed by atoms with E-state index in [1.807, 2.05) is 19.3 Å². The summed E-state index contributed by atoms with van der Waals surface area (Å²) in [5, 5.41) is 0. The first-order chi connectivity index (χ1) is 6.85. The number of nitrogens with two attached hydrogens (primary N) is 1. The van der Waals surface area contributed by atoms with Crippen molar-refractivity contribution in [3.05, 3.63) is 0 Å². The van der Waals surface area contributed by atoms with E-state index < -0.39 is 5.91 Å². The molecule has 0 aromatic rings. The predicted molar refractivity (Wildman–Crippen MR) is 52.1 cm³/mol. The molecule has 1 saturated heterocycles. The van der Waals surface area contributed by atoms with Crippen molar-refractivity contribution in [2.45, 2.75) is 26.7 Å². The van der Waals surface area contributed by atoms with Gasteiger partial charge in [-0.05, 0) is 5.41 Å². The summed E-state index contributed by atoms with van der Waals surface area (Å²) in [6.07, 6.45) is 0.549. The highest BCUT2D eigenvalue weighted by atomic mass is 16.2. The fraction of sp³-hybridized carbons (Fsp3) is 0.667. The molecule has 6 heteroatoms. The molecule has 84 valence electrons. The Hall–Kier alpha value is -1.43. The highest BCUT2D eigenvalue weighted by molar-refractivity contribution is 6.01.